The molecule has 1 N–H and O–H groups in total. The van der Waals surface area contributed by atoms with E-state index in [4.69, 9.17) is 11.6 Å². The number of likely N-dealkylation sites (N-methyl/N-ethyl adjacent to an activating group) is 1. The average Bonchev–Trinajstić information content (AvgIpc) is 2.96. The van der Waals surface area contributed by atoms with Gasteiger partial charge in [-0.15, -0.1) is 0 Å². The molecule has 1 aliphatic rings. The van der Waals surface area contributed by atoms with E-state index in [2.05, 4.69) is 24.4 Å². The number of hydrogen-bond acceptors (Lipinski definition) is 1. The Labute approximate surface area is 90.5 Å². The van der Waals surface area contributed by atoms with Gasteiger partial charge in [-0.3, -0.25) is 0 Å². The molecule has 1 nitrogen and oxygen atoms in total. The summed E-state index contributed by atoms with van der Waals surface area (Å²) < 4.78 is 0. The molecule has 0 spiro atoms. The predicted octanol–water partition coefficient (Wildman–Crippen LogP) is 2.98. The van der Waals surface area contributed by atoms with Crippen molar-refractivity contribution in [2.24, 2.45) is 0 Å². The van der Waals surface area contributed by atoms with Crippen molar-refractivity contribution >= 4 is 11.6 Å². The standard InChI is InChI=1S/C12H16ClN/c1-2-14-9-12(6-7-12)10-4-3-5-11(13)8-10/h3-5,8,14H,2,6-7,9H2,1H3. The van der Waals surface area contributed by atoms with E-state index in [0.29, 0.717) is 5.41 Å². The van der Waals surface area contributed by atoms with Gasteiger partial charge in [0.25, 0.3) is 0 Å². The van der Waals surface area contributed by atoms with Crippen LogP contribution in [0.4, 0.5) is 0 Å². The molecule has 0 radical (unpaired) electrons. The lowest BCUT2D eigenvalue weighted by Gasteiger charge is -2.16. The molecule has 0 amide bonds. The van der Waals surface area contributed by atoms with Crippen LogP contribution in [0.25, 0.3) is 0 Å². The third-order valence-electron chi connectivity index (χ3n) is 3.00. The number of hydrogen-bond donors (Lipinski definition) is 1. The second-order valence-corrected chi connectivity index (χ2v) is 4.51. The van der Waals surface area contributed by atoms with Crippen molar-refractivity contribution in [2.45, 2.75) is 25.2 Å². The summed E-state index contributed by atoms with van der Waals surface area (Å²) in [5.41, 5.74) is 1.78. The molecule has 0 saturated heterocycles. The van der Waals surface area contributed by atoms with Crippen molar-refractivity contribution in [1.82, 2.24) is 5.32 Å². The van der Waals surface area contributed by atoms with Gasteiger partial charge in [-0.25, -0.2) is 0 Å². The van der Waals surface area contributed by atoms with Crippen molar-refractivity contribution in [1.29, 1.82) is 0 Å². The van der Waals surface area contributed by atoms with Crippen LogP contribution in [0.2, 0.25) is 5.02 Å². The van der Waals surface area contributed by atoms with Crippen LogP contribution in [-0.4, -0.2) is 13.1 Å². The zero-order valence-corrected chi connectivity index (χ0v) is 9.27. The van der Waals surface area contributed by atoms with Gasteiger partial charge in [0.05, 0.1) is 0 Å². The Morgan fingerprint density at radius 3 is 2.79 bits per heavy atom. The third-order valence-corrected chi connectivity index (χ3v) is 3.24. The molecule has 2 heteroatoms. The summed E-state index contributed by atoms with van der Waals surface area (Å²) in [6.07, 6.45) is 2.58. The highest BCUT2D eigenvalue weighted by molar-refractivity contribution is 6.30. The first-order chi connectivity index (χ1) is 6.77. The molecular weight excluding hydrogens is 194 g/mol. The topological polar surface area (TPSA) is 12.0 Å². The number of nitrogens with one attached hydrogen (secondary N) is 1. The minimum absolute atomic E-state index is 0.390. The number of benzene rings is 1. The summed E-state index contributed by atoms with van der Waals surface area (Å²) in [6.45, 7) is 4.28. The average molecular weight is 210 g/mol. The smallest absolute Gasteiger partial charge is 0.0408 e. The van der Waals surface area contributed by atoms with E-state index in [0.717, 1.165) is 18.1 Å². The van der Waals surface area contributed by atoms with E-state index in [9.17, 15) is 0 Å². The summed E-state index contributed by atoms with van der Waals surface area (Å²) >= 11 is 5.99. The molecule has 0 heterocycles. The van der Waals surface area contributed by atoms with Gasteiger partial charge in [-0.05, 0) is 37.1 Å². The summed E-state index contributed by atoms with van der Waals surface area (Å²) in [5, 5.41) is 4.28. The van der Waals surface area contributed by atoms with Crippen molar-refractivity contribution in [2.75, 3.05) is 13.1 Å². The van der Waals surface area contributed by atoms with Crippen LogP contribution in [0.3, 0.4) is 0 Å². The Balaban J connectivity index is 2.14. The van der Waals surface area contributed by atoms with E-state index in [1.807, 2.05) is 12.1 Å². The Bertz CT molecular complexity index is 318. The molecular formula is C12H16ClN. The summed E-state index contributed by atoms with van der Waals surface area (Å²) in [4.78, 5) is 0. The zero-order valence-electron chi connectivity index (χ0n) is 8.52. The molecule has 1 aliphatic carbocycles. The minimum Gasteiger partial charge on any atom is -0.316 e. The third kappa shape index (κ3) is 1.94. The summed E-state index contributed by atoms with van der Waals surface area (Å²) in [7, 11) is 0. The first-order valence-corrected chi connectivity index (χ1v) is 5.61. The van der Waals surface area contributed by atoms with Crippen LogP contribution in [-0.2, 0) is 5.41 Å². The molecule has 1 fully saturated rings. The van der Waals surface area contributed by atoms with Gasteiger partial charge in [0.2, 0.25) is 0 Å². The van der Waals surface area contributed by atoms with Crippen LogP contribution >= 0.6 is 11.6 Å². The van der Waals surface area contributed by atoms with Crippen molar-refractivity contribution < 1.29 is 0 Å². The highest BCUT2D eigenvalue weighted by atomic mass is 35.5. The van der Waals surface area contributed by atoms with Gasteiger partial charge in [0.1, 0.15) is 0 Å². The maximum atomic E-state index is 5.99. The van der Waals surface area contributed by atoms with Crippen LogP contribution in [0.5, 0.6) is 0 Å². The Kier molecular flexibility index (Phi) is 2.80. The monoisotopic (exact) mass is 209 g/mol. The van der Waals surface area contributed by atoms with E-state index >= 15 is 0 Å². The van der Waals surface area contributed by atoms with Gasteiger partial charge < -0.3 is 5.32 Å². The highest BCUT2D eigenvalue weighted by Gasteiger charge is 2.43. The molecule has 1 aromatic rings. The van der Waals surface area contributed by atoms with E-state index < -0.39 is 0 Å². The van der Waals surface area contributed by atoms with E-state index in [-0.39, 0.29) is 0 Å². The lowest BCUT2D eigenvalue weighted by molar-refractivity contribution is 0.591. The van der Waals surface area contributed by atoms with Crippen LogP contribution in [0.15, 0.2) is 24.3 Å². The summed E-state index contributed by atoms with van der Waals surface area (Å²) in [5.74, 6) is 0. The van der Waals surface area contributed by atoms with E-state index in [1.54, 1.807) is 0 Å². The fourth-order valence-electron chi connectivity index (χ4n) is 1.90. The first kappa shape index (κ1) is 10.0. The lowest BCUT2D eigenvalue weighted by atomic mass is 9.96. The molecule has 76 valence electrons. The quantitative estimate of drug-likeness (QED) is 0.804. The van der Waals surface area contributed by atoms with Gasteiger partial charge in [0.15, 0.2) is 0 Å². The fraction of sp³-hybridized carbons (Fsp3) is 0.500. The Morgan fingerprint density at radius 1 is 1.43 bits per heavy atom. The van der Waals surface area contributed by atoms with Gasteiger partial charge in [0, 0.05) is 17.0 Å². The van der Waals surface area contributed by atoms with Gasteiger partial charge in [-0.1, -0.05) is 30.7 Å². The van der Waals surface area contributed by atoms with Crippen molar-refractivity contribution in [3.8, 4) is 0 Å². The molecule has 0 unspecified atom stereocenters. The molecule has 0 bridgehead atoms. The van der Waals surface area contributed by atoms with Gasteiger partial charge >= 0.3 is 0 Å². The first-order valence-electron chi connectivity index (χ1n) is 5.24. The largest absolute Gasteiger partial charge is 0.316 e. The summed E-state index contributed by atoms with van der Waals surface area (Å²) in [6, 6.07) is 8.28. The number of rotatable bonds is 4. The molecule has 2 rings (SSSR count). The fourth-order valence-corrected chi connectivity index (χ4v) is 2.09. The molecule has 1 aromatic carbocycles. The predicted molar refractivity (Wildman–Crippen MR) is 60.9 cm³/mol. The van der Waals surface area contributed by atoms with Crippen LogP contribution in [0, 0.1) is 0 Å². The molecule has 1 saturated carbocycles. The van der Waals surface area contributed by atoms with Crippen molar-refractivity contribution in [3.63, 3.8) is 0 Å². The molecule has 0 atom stereocenters. The normalized spacial score (nSPS) is 18.1. The molecule has 0 aliphatic heterocycles. The van der Waals surface area contributed by atoms with E-state index in [1.165, 1.54) is 18.4 Å². The lowest BCUT2D eigenvalue weighted by Crippen LogP contribution is -2.26. The second kappa shape index (κ2) is 3.92. The Hall–Kier alpha value is -0.530. The number of halogens is 1. The molecule has 0 aromatic heterocycles. The SMILES string of the molecule is CCNCC1(c2cccc(Cl)c2)CC1. The second-order valence-electron chi connectivity index (χ2n) is 4.07. The maximum Gasteiger partial charge on any atom is 0.0408 e. The van der Waals surface area contributed by atoms with Crippen molar-refractivity contribution in [3.05, 3.63) is 34.9 Å². The molecule has 14 heavy (non-hydrogen) atoms. The zero-order chi connectivity index (χ0) is 10.0. The van der Waals surface area contributed by atoms with Crippen LogP contribution in [0.1, 0.15) is 25.3 Å². The van der Waals surface area contributed by atoms with Crippen LogP contribution < -0.4 is 5.32 Å². The Morgan fingerprint density at radius 2 is 2.21 bits per heavy atom. The van der Waals surface area contributed by atoms with Gasteiger partial charge in [-0.2, -0.15) is 0 Å². The minimum atomic E-state index is 0.390. The maximum absolute atomic E-state index is 5.99. The highest BCUT2D eigenvalue weighted by Crippen LogP contribution is 2.47.